The highest BCUT2D eigenvalue weighted by atomic mass is 79.9. The Kier molecular flexibility index (Phi) is 3.69. The maximum atomic E-state index is 11.8. The monoisotopic (exact) mass is 331 g/mol. The molecule has 2 N–H and O–H groups in total. The van der Waals surface area contributed by atoms with Crippen molar-refractivity contribution in [1.82, 2.24) is 4.98 Å². The fourth-order valence-electron chi connectivity index (χ4n) is 2.44. The van der Waals surface area contributed by atoms with Gasteiger partial charge in [0, 0.05) is 37.0 Å². The Balaban J connectivity index is 1.78. The van der Waals surface area contributed by atoms with Gasteiger partial charge in [0.1, 0.15) is 0 Å². The molecular weight excluding hydrogens is 318 g/mol. The van der Waals surface area contributed by atoms with Gasteiger partial charge in [-0.3, -0.25) is 9.78 Å². The van der Waals surface area contributed by atoms with Crippen LogP contribution in [0.15, 0.2) is 47.2 Å². The number of aromatic nitrogens is 1. The highest BCUT2D eigenvalue weighted by Crippen LogP contribution is 2.32. The molecule has 0 bridgehead atoms. The number of carbonyl (C=O) groups is 1. The van der Waals surface area contributed by atoms with Crippen molar-refractivity contribution in [2.45, 2.75) is 12.3 Å². The zero-order chi connectivity index (χ0) is 13.9. The first-order chi connectivity index (χ1) is 9.74. The van der Waals surface area contributed by atoms with E-state index in [1.54, 1.807) is 12.4 Å². The van der Waals surface area contributed by atoms with Gasteiger partial charge in [0.2, 0.25) is 5.91 Å². The van der Waals surface area contributed by atoms with E-state index < -0.39 is 0 Å². The molecule has 102 valence electrons. The van der Waals surface area contributed by atoms with E-state index in [4.69, 9.17) is 0 Å². The third-order valence-electron chi connectivity index (χ3n) is 3.42. The van der Waals surface area contributed by atoms with Crippen molar-refractivity contribution >= 4 is 33.2 Å². The van der Waals surface area contributed by atoms with Crippen molar-refractivity contribution in [2.24, 2.45) is 0 Å². The minimum atomic E-state index is 0.0734. The van der Waals surface area contributed by atoms with E-state index in [2.05, 4.69) is 37.6 Å². The maximum absolute atomic E-state index is 11.8. The zero-order valence-electron chi connectivity index (χ0n) is 10.8. The fraction of sp³-hybridized carbons (Fsp3) is 0.200. The van der Waals surface area contributed by atoms with Crippen LogP contribution in [0.2, 0.25) is 0 Å². The number of hydrogen-bond donors (Lipinski definition) is 2. The quantitative estimate of drug-likeness (QED) is 0.906. The van der Waals surface area contributed by atoms with E-state index >= 15 is 0 Å². The van der Waals surface area contributed by atoms with Crippen molar-refractivity contribution in [3.8, 4) is 0 Å². The van der Waals surface area contributed by atoms with Gasteiger partial charge in [-0.2, -0.15) is 0 Å². The summed E-state index contributed by atoms with van der Waals surface area (Å²) in [5.41, 5.74) is 3.09. The van der Waals surface area contributed by atoms with Crippen LogP contribution in [-0.2, 0) is 4.79 Å². The molecule has 0 saturated carbocycles. The van der Waals surface area contributed by atoms with Crippen LogP contribution in [0, 0.1) is 0 Å². The molecule has 1 aliphatic heterocycles. The largest absolute Gasteiger partial charge is 0.383 e. The molecule has 0 aliphatic carbocycles. The summed E-state index contributed by atoms with van der Waals surface area (Å²) in [7, 11) is 0. The lowest BCUT2D eigenvalue weighted by Crippen LogP contribution is -2.26. The van der Waals surface area contributed by atoms with E-state index in [9.17, 15) is 4.79 Å². The summed E-state index contributed by atoms with van der Waals surface area (Å²) in [5, 5.41) is 6.29. The summed E-state index contributed by atoms with van der Waals surface area (Å²) >= 11 is 3.46. The number of halogens is 1. The molecule has 1 aliphatic rings. The number of pyridine rings is 1. The van der Waals surface area contributed by atoms with Gasteiger partial charge in [-0.05, 0) is 33.6 Å². The second-order valence-electron chi connectivity index (χ2n) is 4.77. The fourth-order valence-corrected chi connectivity index (χ4v) is 2.83. The topological polar surface area (TPSA) is 54.0 Å². The lowest BCUT2D eigenvalue weighted by Gasteiger charge is -2.26. The molecule has 4 nitrogen and oxygen atoms in total. The standard InChI is InChI=1S/C15H14BrN3O/c16-12-9-17-6-5-14(12)18-8-10-7-15(20)19-13-4-2-1-3-11(10)13/h1-6,9-10H,7-8H2,(H,17,18)(H,19,20). The molecule has 1 unspecified atom stereocenters. The average Bonchev–Trinajstić information content (AvgIpc) is 2.46. The van der Waals surface area contributed by atoms with Crippen LogP contribution < -0.4 is 10.6 Å². The number of carbonyl (C=O) groups excluding carboxylic acids is 1. The number of hydrogen-bond acceptors (Lipinski definition) is 3. The molecule has 0 fully saturated rings. The summed E-state index contributed by atoms with van der Waals surface area (Å²) in [5.74, 6) is 0.254. The van der Waals surface area contributed by atoms with Gasteiger partial charge in [0.05, 0.1) is 10.2 Å². The smallest absolute Gasteiger partial charge is 0.225 e. The Bertz CT molecular complexity index is 645. The number of para-hydroxylation sites is 1. The lowest BCUT2D eigenvalue weighted by molar-refractivity contribution is -0.116. The van der Waals surface area contributed by atoms with Crippen LogP contribution in [0.5, 0.6) is 0 Å². The Morgan fingerprint density at radius 1 is 1.35 bits per heavy atom. The normalized spacial score (nSPS) is 17.2. The highest BCUT2D eigenvalue weighted by molar-refractivity contribution is 9.10. The van der Waals surface area contributed by atoms with E-state index in [0.29, 0.717) is 13.0 Å². The minimum Gasteiger partial charge on any atom is -0.383 e. The molecule has 2 aromatic rings. The van der Waals surface area contributed by atoms with Crippen LogP contribution in [0.25, 0.3) is 0 Å². The SMILES string of the molecule is O=C1CC(CNc2ccncc2Br)c2ccccc2N1. The Morgan fingerprint density at radius 3 is 3.05 bits per heavy atom. The van der Waals surface area contributed by atoms with Gasteiger partial charge in [-0.15, -0.1) is 0 Å². The Hall–Kier alpha value is -1.88. The Labute approximate surface area is 125 Å². The van der Waals surface area contributed by atoms with Crippen molar-refractivity contribution in [1.29, 1.82) is 0 Å². The van der Waals surface area contributed by atoms with Crippen molar-refractivity contribution in [3.63, 3.8) is 0 Å². The van der Waals surface area contributed by atoms with E-state index in [0.717, 1.165) is 15.8 Å². The molecule has 2 heterocycles. The van der Waals surface area contributed by atoms with Gasteiger partial charge < -0.3 is 10.6 Å². The van der Waals surface area contributed by atoms with Crippen LogP contribution in [-0.4, -0.2) is 17.4 Å². The molecule has 0 radical (unpaired) electrons. The summed E-state index contributed by atoms with van der Waals surface area (Å²) in [4.78, 5) is 15.8. The first-order valence-corrected chi connectivity index (χ1v) is 7.25. The van der Waals surface area contributed by atoms with Crippen LogP contribution in [0.4, 0.5) is 11.4 Å². The molecule has 3 rings (SSSR count). The molecule has 0 saturated heterocycles. The predicted octanol–water partition coefficient (Wildman–Crippen LogP) is 3.38. The molecule has 1 aromatic heterocycles. The summed E-state index contributed by atoms with van der Waals surface area (Å²) < 4.78 is 0.925. The number of fused-ring (bicyclic) bond motifs is 1. The van der Waals surface area contributed by atoms with Crippen molar-refractivity contribution < 1.29 is 4.79 Å². The summed E-state index contributed by atoms with van der Waals surface area (Å²) in [6.45, 7) is 0.715. The molecule has 1 amide bonds. The first-order valence-electron chi connectivity index (χ1n) is 6.46. The van der Waals surface area contributed by atoms with Crippen molar-refractivity contribution in [2.75, 3.05) is 17.2 Å². The molecule has 0 spiro atoms. The Morgan fingerprint density at radius 2 is 2.20 bits per heavy atom. The number of rotatable bonds is 3. The molecule has 5 heteroatoms. The van der Waals surface area contributed by atoms with E-state index in [1.807, 2.05) is 24.3 Å². The lowest BCUT2D eigenvalue weighted by atomic mass is 9.90. The highest BCUT2D eigenvalue weighted by Gasteiger charge is 2.24. The van der Waals surface area contributed by atoms with Gasteiger partial charge in [-0.25, -0.2) is 0 Å². The molecule has 20 heavy (non-hydrogen) atoms. The average molecular weight is 332 g/mol. The second-order valence-corrected chi connectivity index (χ2v) is 5.63. The number of nitrogens with one attached hydrogen (secondary N) is 2. The third-order valence-corrected chi connectivity index (χ3v) is 4.05. The second kappa shape index (κ2) is 5.63. The van der Waals surface area contributed by atoms with Crippen LogP contribution in [0.1, 0.15) is 17.9 Å². The minimum absolute atomic E-state index is 0.0734. The van der Waals surface area contributed by atoms with Gasteiger partial charge in [0.25, 0.3) is 0 Å². The molecule has 1 atom stereocenters. The number of benzene rings is 1. The summed E-state index contributed by atoms with van der Waals surface area (Å²) in [6, 6.07) is 9.88. The molecular formula is C15H14BrN3O. The van der Waals surface area contributed by atoms with Gasteiger partial charge >= 0.3 is 0 Å². The summed E-state index contributed by atoms with van der Waals surface area (Å²) in [6.07, 6.45) is 4.01. The predicted molar refractivity (Wildman–Crippen MR) is 82.9 cm³/mol. The van der Waals surface area contributed by atoms with E-state index in [-0.39, 0.29) is 11.8 Å². The van der Waals surface area contributed by atoms with Gasteiger partial charge in [-0.1, -0.05) is 18.2 Å². The van der Waals surface area contributed by atoms with Crippen LogP contribution in [0.3, 0.4) is 0 Å². The zero-order valence-corrected chi connectivity index (χ0v) is 12.4. The number of amides is 1. The first kappa shape index (κ1) is 13.1. The third kappa shape index (κ3) is 2.67. The maximum Gasteiger partial charge on any atom is 0.225 e. The van der Waals surface area contributed by atoms with Crippen molar-refractivity contribution in [3.05, 3.63) is 52.8 Å². The number of nitrogens with zero attached hydrogens (tertiary/aromatic N) is 1. The van der Waals surface area contributed by atoms with E-state index in [1.165, 1.54) is 5.56 Å². The number of anilines is 2. The van der Waals surface area contributed by atoms with Gasteiger partial charge in [0.15, 0.2) is 0 Å². The molecule has 1 aromatic carbocycles. The van der Waals surface area contributed by atoms with Crippen LogP contribution >= 0.6 is 15.9 Å².